The Balaban J connectivity index is 0.00000121. The zero-order valence-electron chi connectivity index (χ0n) is 12.4. The zero-order chi connectivity index (χ0) is 14.0. The Morgan fingerprint density at radius 3 is 1.47 bits per heavy atom. The summed E-state index contributed by atoms with van der Waals surface area (Å²) in [5.41, 5.74) is -0.735. The van der Waals surface area contributed by atoms with Crippen LogP contribution in [-0.4, -0.2) is 39.4 Å². The first-order valence-electron chi connectivity index (χ1n) is 6.20. The highest BCUT2D eigenvalue weighted by Crippen LogP contribution is 2.26. The molecule has 4 heteroatoms. The van der Waals surface area contributed by atoms with Gasteiger partial charge in [0.1, 0.15) is 6.54 Å². The number of imide groups is 1. The Morgan fingerprint density at radius 2 is 1.29 bits per heavy atom. The van der Waals surface area contributed by atoms with Crippen LogP contribution >= 0.6 is 0 Å². The van der Waals surface area contributed by atoms with Crippen molar-refractivity contribution in [3.05, 3.63) is 0 Å². The standard InChI is InChI=1S/C11H20N2O2.C2H6/c1-10(2,3)12-7-8(14)13(9(12)15)11(4,5)6;1-2/h7H2,1-6H3;1-2H3. The summed E-state index contributed by atoms with van der Waals surface area (Å²) in [5.74, 6) is -0.109. The second kappa shape index (κ2) is 5.07. The van der Waals surface area contributed by atoms with E-state index in [2.05, 4.69) is 0 Å². The van der Waals surface area contributed by atoms with E-state index in [0.29, 0.717) is 0 Å². The summed E-state index contributed by atoms with van der Waals surface area (Å²) >= 11 is 0. The van der Waals surface area contributed by atoms with E-state index in [4.69, 9.17) is 0 Å². The number of urea groups is 1. The minimum atomic E-state index is -0.436. The number of carbonyl (C=O) groups excluding carboxylic acids is 2. The van der Waals surface area contributed by atoms with Gasteiger partial charge in [-0.2, -0.15) is 0 Å². The molecule has 0 saturated carbocycles. The molecule has 0 aromatic rings. The van der Waals surface area contributed by atoms with Gasteiger partial charge in [0.15, 0.2) is 0 Å². The van der Waals surface area contributed by atoms with E-state index in [1.165, 1.54) is 4.90 Å². The van der Waals surface area contributed by atoms with Gasteiger partial charge in [-0.25, -0.2) is 4.79 Å². The SMILES string of the molecule is CC.CC(C)(C)N1CC(=O)N(C(C)(C)C)C1=O. The second-order valence-corrected chi connectivity index (χ2v) is 5.94. The highest BCUT2D eigenvalue weighted by molar-refractivity contribution is 6.03. The van der Waals surface area contributed by atoms with Gasteiger partial charge in [-0.3, -0.25) is 9.69 Å². The lowest BCUT2D eigenvalue weighted by Gasteiger charge is -2.34. The largest absolute Gasteiger partial charge is 0.328 e. The van der Waals surface area contributed by atoms with Gasteiger partial charge >= 0.3 is 6.03 Å². The summed E-state index contributed by atoms with van der Waals surface area (Å²) in [4.78, 5) is 26.7. The summed E-state index contributed by atoms with van der Waals surface area (Å²) in [6, 6.07) is -0.181. The maximum absolute atomic E-state index is 12.0. The number of carbonyl (C=O) groups is 2. The molecule has 0 aromatic carbocycles. The monoisotopic (exact) mass is 242 g/mol. The van der Waals surface area contributed by atoms with Crippen LogP contribution < -0.4 is 0 Å². The molecule has 1 aliphatic heterocycles. The molecule has 1 aliphatic rings. The molecular formula is C13H26N2O2. The van der Waals surface area contributed by atoms with E-state index < -0.39 is 5.54 Å². The van der Waals surface area contributed by atoms with Crippen LogP contribution in [0.15, 0.2) is 0 Å². The van der Waals surface area contributed by atoms with Gasteiger partial charge < -0.3 is 4.90 Å². The van der Waals surface area contributed by atoms with Crippen LogP contribution in [0.1, 0.15) is 55.4 Å². The summed E-state index contributed by atoms with van der Waals surface area (Å²) in [6.45, 7) is 15.6. The Bertz CT molecular complexity index is 298. The molecule has 1 heterocycles. The first kappa shape index (κ1) is 15.9. The Kier molecular flexibility index (Phi) is 4.75. The summed E-state index contributed by atoms with van der Waals surface area (Å²) < 4.78 is 0. The number of nitrogens with zero attached hydrogens (tertiary/aromatic N) is 2. The van der Waals surface area contributed by atoms with Crippen LogP contribution in [-0.2, 0) is 4.79 Å². The first-order chi connectivity index (χ1) is 7.55. The Morgan fingerprint density at radius 1 is 0.882 bits per heavy atom. The van der Waals surface area contributed by atoms with Crippen LogP contribution in [0, 0.1) is 0 Å². The highest BCUT2D eigenvalue weighted by Gasteiger charge is 2.45. The average Bonchev–Trinajstić information content (AvgIpc) is 2.43. The molecule has 4 nitrogen and oxygen atoms in total. The quantitative estimate of drug-likeness (QED) is 0.613. The fraction of sp³-hybridized carbons (Fsp3) is 0.846. The van der Waals surface area contributed by atoms with E-state index in [-0.39, 0.29) is 24.0 Å². The molecule has 0 aromatic heterocycles. The molecule has 0 spiro atoms. The van der Waals surface area contributed by atoms with Crippen molar-refractivity contribution in [2.24, 2.45) is 0 Å². The van der Waals surface area contributed by atoms with Gasteiger partial charge in [-0.05, 0) is 41.5 Å². The van der Waals surface area contributed by atoms with Crippen molar-refractivity contribution in [3.63, 3.8) is 0 Å². The number of hydrogen-bond acceptors (Lipinski definition) is 2. The van der Waals surface area contributed by atoms with Gasteiger partial charge in [-0.15, -0.1) is 0 Å². The molecule has 1 rings (SSSR count). The van der Waals surface area contributed by atoms with Crippen molar-refractivity contribution < 1.29 is 9.59 Å². The molecule has 1 fully saturated rings. The third kappa shape index (κ3) is 3.45. The highest BCUT2D eigenvalue weighted by atomic mass is 16.2. The summed E-state index contributed by atoms with van der Waals surface area (Å²) in [7, 11) is 0. The van der Waals surface area contributed by atoms with E-state index in [1.54, 1.807) is 4.90 Å². The van der Waals surface area contributed by atoms with E-state index >= 15 is 0 Å². The van der Waals surface area contributed by atoms with E-state index in [1.807, 2.05) is 55.4 Å². The average molecular weight is 242 g/mol. The minimum absolute atomic E-state index is 0.109. The van der Waals surface area contributed by atoms with Crippen molar-refractivity contribution in [1.82, 2.24) is 9.80 Å². The molecule has 1 saturated heterocycles. The molecule has 100 valence electrons. The molecule has 3 amide bonds. The fourth-order valence-corrected chi connectivity index (χ4v) is 1.69. The lowest BCUT2D eigenvalue weighted by atomic mass is 10.1. The maximum atomic E-state index is 12.0. The van der Waals surface area contributed by atoms with Crippen LogP contribution in [0.3, 0.4) is 0 Å². The summed E-state index contributed by atoms with van der Waals surface area (Å²) in [5, 5.41) is 0. The Hall–Kier alpha value is -1.06. The molecule has 0 aliphatic carbocycles. The van der Waals surface area contributed by atoms with Crippen molar-refractivity contribution >= 4 is 11.9 Å². The summed E-state index contributed by atoms with van der Waals surface area (Å²) in [6.07, 6.45) is 0. The van der Waals surface area contributed by atoms with Crippen molar-refractivity contribution in [3.8, 4) is 0 Å². The molecule has 0 radical (unpaired) electrons. The maximum Gasteiger partial charge on any atom is 0.328 e. The van der Waals surface area contributed by atoms with Crippen molar-refractivity contribution in [2.75, 3.05) is 6.54 Å². The second-order valence-electron chi connectivity index (χ2n) is 5.94. The third-order valence-electron chi connectivity index (χ3n) is 2.45. The van der Waals surface area contributed by atoms with Crippen LogP contribution in [0.5, 0.6) is 0 Å². The van der Waals surface area contributed by atoms with Crippen LogP contribution in [0.4, 0.5) is 4.79 Å². The molecule has 0 bridgehead atoms. The number of rotatable bonds is 0. The molecular weight excluding hydrogens is 216 g/mol. The minimum Gasteiger partial charge on any atom is -0.310 e. The molecule has 0 N–H and O–H groups in total. The predicted octanol–water partition coefficient (Wildman–Crippen LogP) is 2.87. The van der Waals surface area contributed by atoms with Gasteiger partial charge in [0.05, 0.1) is 0 Å². The van der Waals surface area contributed by atoms with Crippen molar-refractivity contribution in [1.29, 1.82) is 0 Å². The first-order valence-corrected chi connectivity index (χ1v) is 6.20. The van der Waals surface area contributed by atoms with Gasteiger partial charge in [0.25, 0.3) is 5.91 Å². The van der Waals surface area contributed by atoms with Crippen LogP contribution in [0.2, 0.25) is 0 Å². The van der Waals surface area contributed by atoms with Crippen LogP contribution in [0.25, 0.3) is 0 Å². The zero-order valence-corrected chi connectivity index (χ0v) is 12.4. The van der Waals surface area contributed by atoms with Gasteiger partial charge in [-0.1, -0.05) is 13.8 Å². The van der Waals surface area contributed by atoms with Gasteiger partial charge in [0.2, 0.25) is 0 Å². The molecule has 0 unspecified atom stereocenters. The van der Waals surface area contributed by atoms with Crippen molar-refractivity contribution in [2.45, 2.75) is 66.5 Å². The van der Waals surface area contributed by atoms with E-state index in [0.717, 1.165) is 0 Å². The topological polar surface area (TPSA) is 40.6 Å². The van der Waals surface area contributed by atoms with Gasteiger partial charge in [0, 0.05) is 11.1 Å². The molecule has 0 atom stereocenters. The predicted molar refractivity (Wildman–Crippen MR) is 69.8 cm³/mol. The fourth-order valence-electron chi connectivity index (χ4n) is 1.69. The third-order valence-corrected chi connectivity index (χ3v) is 2.45. The normalized spacial score (nSPS) is 17.2. The smallest absolute Gasteiger partial charge is 0.310 e. The number of hydrogen-bond donors (Lipinski definition) is 0. The van der Waals surface area contributed by atoms with E-state index in [9.17, 15) is 9.59 Å². The number of amides is 3. The molecule has 17 heavy (non-hydrogen) atoms. The lowest BCUT2D eigenvalue weighted by Crippen LogP contribution is -2.49. The lowest BCUT2D eigenvalue weighted by molar-refractivity contribution is -0.128. The Labute approximate surface area is 105 Å².